The lowest BCUT2D eigenvalue weighted by molar-refractivity contribution is -0.156. The van der Waals surface area contributed by atoms with Crippen LogP contribution in [0.3, 0.4) is 0 Å². The standard InChI is InChI=1S/C23H31F3N6O4S/c1-3-4-5-16-13-32(10-11-36-37(2,34)35)21(29-16)15-6-8-31(9-7-15)22-19-17(23(24,25)26)12-18(33)30-20(19)27-14-28-22/h13-15,17H,3-12H2,1-2H3,(H,27,28,30,33)/t17-/m1/s1. The summed E-state index contributed by atoms with van der Waals surface area (Å²) in [6.07, 6.45) is 2.86. The van der Waals surface area contributed by atoms with Gasteiger partial charge in [-0.25, -0.2) is 15.0 Å². The van der Waals surface area contributed by atoms with Crippen molar-refractivity contribution < 1.29 is 30.6 Å². The lowest BCUT2D eigenvalue weighted by Gasteiger charge is -2.36. The van der Waals surface area contributed by atoms with Gasteiger partial charge in [0.1, 0.15) is 23.8 Å². The summed E-state index contributed by atoms with van der Waals surface area (Å²) in [6.45, 7) is 3.31. The predicted molar refractivity (Wildman–Crippen MR) is 130 cm³/mol. The Morgan fingerprint density at radius 2 is 1.95 bits per heavy atom. The third-order valence-corrected chi connectivity index (χ3v) is 7.28. The molecule has 1 saturated heterocycles. The first-order valence-electron chi connectivity index (χ1n) is 12.3. The highest BCUT2D eigenvalue weighted by Gasteiger charge is 2.48. The maximum atomic E-state index is 13.8. The molecule has 0 saturated carbocycles. The summed E-state index contributed by atoms with van der Waals surface area (Å²) in [4.78, 5) is 26.6. The van der Waals surface area contributed by atoms with Gasteiger partial charge in [0.25, 0.3) is 10.1 Å². The second-order valence-corrected chi connectivity index (χ2v) is 11.1. The molecule has 204 valence electrons. The van der Waals surface area contributed by atoms with Crippen LogP contribution in [0.25, 0.3) is 0 Å². The molecule has 2 aromatic rings. The molecule has 0 bridgehead atoms. The van der Waals surface area contributed by atoms with Gasteiger partial charge in [-0.15, -0.1) is 0 Å². The number of carbonyl (C=O) groups excluding carboxylic acids is 1. The van der Waals surface area contributed by atoms with E-state index in [1.54, 1.807) is 0 Å². The Kier molecular flexibility index (Phi) is 8.07. The zero-order chi connectivity index (χ0) is 26.8. The van der Waals surface area contributed by atoms with Crippen molar-refractivity contribution in [1.29, 1.82) is 0 Å². The van der Waals surface area contributed by atoms with Crippen molar-refractivity contribution in [2.75, 3.05) is 36.2 Å². The van der Waals surface area contributed by atoms with Crippen LogP contribution in [0.4, 0.5) is 24.8 Å². The molecule has 0 spiro atoms. The summed E-state index contributed by atoms with van der Waals surface area (Å²) in [7, 11) is -3.56. The number of hydrogen-bond donors (Lipinski definition) is 1. The van der Waals surface area contributed by atoms with Gasteiger partial charge in [0.2, 0.25) is 5.91 Å². The number of aromatic nitrogens is 4. The third-order valence-electron chi connectivity index (χ3n) is 6.69. The SMILES string of the molecule is CCCCc1cn(CCOS(C)(=O)=O)c(C2CCN(c3ncnc4c3[C@H](C(F)(F)F)CC(=O)N4)CC2)n1. The average Bonchev–Trinajstić information content (AvgIpc) is 3.23. The van der Waals surface area contributed by atoms with Crippen LogP contribution in [0.2, 0.25) is 0 Å². The zero-order valence-electron chi connectivity index (χ0n) is 20.8. The smallest absolute Gasteiger partial charge is 0.356 e. The maximum Gasteiger partial charge on any atom is 0.396 e. The van der Waals surface area contributed by atoms with Gasteiger partial charge in [-0.2, -0.15) is 21.6 Å². The van der Waals surface area contributed by atoms with Crippen molar-refractivity contribution in [3.05, 3.63) is 29.6 Å². The third kappa shape index (κ3) is 6.58. The highest BCUT2D eigenvalue weighted by atomic mass is 32.2. The van der Waals surface area contributed by atoms with Crippen molar-refractivity contribution in [2.24, 2.45) is 0 Å². The largest absolute Gasteiger partial charge is 0.396 e. The summed E-state index contributed by atoms with van der Waals surface area (Å²) in [5.74, 6) is -1.70. The van der Waals surface area contributed by atoms with E-state index in [1.807, 2.05) is 15.7 Å². The molecule has 2 aromatic heterocycles. The second kappa shape index (κ2) is 10.9. The van der Waals surface area contributed by atoms with E-state index < -0.39 is 34.5 Å². The van der Waals surface area contributed by atoms with Crippen molar-refractivity contribution in [1.82, 2.24) is 19.5 Å². The van der Waals surface area contributed by atoms with Gasteiger partial charge in [-0.3, -0.25) is 8.98 Å². The molecule has 4 heterocycles. The average molecular weight is 545 g/mol. The molecule has 0 aliphatic carbocycles. The van der Waals surface area contributed by atoms with E-state index in [9.17, 15) is 26.4 Å². The normalized spacial score (nSPS) is 19.1. The second-order valence-electron chi connectivity index (χ2n) is 9.48. The Hall–Kier alpha value is -2.74. The molecular formula is C23H31F3N6O4S. The molecule has 2 aliphatic heterocycles. The highest BCUT2D eigenvalue weighted by Crippen LogP contribution is 2.46. The molecule has 1 atom stereocenters. The number of piperidine rings is 1. The number of carbonyl (C=O) groups is 1. The van der Waals surface area contributed by atoms with Crippen molar-refractivity contribution in [2.45, 2.75) is 70.0 Å². The number of halogens is 3. The molecule has 0 unspecified atom stereocenters. The van der Waals surface area contributed by atoms with Crippen LogP contribution in [-0.2, 0) is 32.1 Å². The molecule has 2 aliphatic rings. The van der Waals surface area contributed by atoms with Crippen LogP contribution in [0.15, 0.2) is 12.5 Å². The van der Waals surface area contributed by atoms with Gasteiger partial charge in [0.15, 0.2) is 0 Å². The van der Waals surface area contributed by atoms with E-state index in [-0.39, 0.29) is 29.7 Å². The molecule has 10 nitrogen and oxygen atoms in total. The summed E-state index contributed by atoms with van der Waals surface area (Å²) in [5, 5.41) is 2.45. The number of anilines is 2. The number of nitrogens with zero attached hydrogens (tertiary/aromatic N) is 5. The number of fused-ring (bicyclic) bond motifs is 1. The Bertz CT molecular complexity index is 1230. The first kappa shape index (κ1) is 27.3. The molecule has 0 aromatic carbocycles. The number of amides is 1. The van der Waals surface area contributed by atoms with Crippen molar-refractivity contribution >= 4 is 27.7 Å². The quantitative estimate of drug-likeness (QED) is 0.478. The zero-order valence-corrected chi connectivity index (χ0v) is 21.6. The fraction of sp³-hybridized carbons (Fsp3) is 0.652. The minimum atomic E-state index is -4.60. The Labute approximate surface area is 213 Å². The molecular weight excluding hydrogens is 513 g/mol. The highest BCUT2D eigenvalue weighted by molar-refractivity contribution is 7.85. The predicted octanol–water partition coefficient (Wildman–Crippen LogP) is 3.36. The number of hydrogen-bond acceptors (Lipinski definition) is 8. The van der Waals surface area contributed by atoms with E-state index in [0.29, 0.717) is 32.5 Å². The molecule has 37 heavy (non-hydrogen) atoms. The summed E-state index contributed by atoms with van der Waals surface area (Å²) in [5.41, 5.74) is 0.835. The number of aryl methyl sites for hydroxylation is 1. The Morgan fingerprint density at radius 3 is 2.59 bits per heavy atom. The summed E-state index contributed by atoms with van der Waals surface area (Å²) in [6, 6.07) is 0. The lowest BCUT2D eigenvalue weighted by Crippen LogP contribution is -2.38. The van der Waals surface area contributed by atoms with Gasteiger partial charge in [-0.1, -0.05) is 13.3 Å². The summed E-state index contributed by atoms with van der Waals surface area (Å²) < 4.78 is 71.1. The lowest BCUT2D eigenvalue weighted by atomic mass is 9.90. The number of unbranched alkanes of at least 4 members (excludes halogenated alkanes) is 1. The molecule has 1 fully saturated rings. The van der Waals surface area contributed by atoms with Crippen molar-refractivity contribution in [3.8, 4) is 0 Å². The van der Waals surface area contributed by atoms with Gasteiger partial charge in [0.05, 0.1) is 30.0 Å². The summed E-state index contributed by atoms with van der Waals surface area (Å²) >= 11 is 0. The van der Waals surface area contributed by atoms with Gasteiger partial charge < -0.3 is 14.8 Å². The monoisotopic (exact) mass is 544 g/mol. The van der Waals surface area contributed by atoms with Gasteiger partial charge in [-0.05, 0) is 25.7 Å². The van der Waals surface area contributed by atoms with Crippen molar-refractivity contribution in [3.63, 3.8) is 0 Å². The number of imidazole rings is 1. The Morgan fingerprint density at radius 1 is 1.22 bits per heavy atom. The fourth-order valence-corrected chi connectivity index (χ4v) is 5.29. The van der Waals surface area contributed by atoms with Crippen LogP contribution in [0.1, 0.15) is 67.9 Å². The first-order chi connectivity index (χ1) is 17.5. The van der Waals surface area contributed by atoms with E-state index in [4.69, 9.17) is 9.17 Å². The number of alkyl halides is 3. The van der Waals surface area contributed by atoms with Gasteiger partial charge in [0, 0.05) is 38.2 Å². The van der Waals surface area contributed by atoms with E-state index in [1.165, 1.54) is 6.33 Å². The van der Waals surface area contributed by atoms with Crippen LogP contribution in [0, 0.1) is 0 Å². The molecule has 0 radical (unpaired) electrons. The minimum Gasteiger partial charge on any atom is -0.356 e. The topological polar surface area (TPSA) is 119 Å². The first-order valence-corrected chi connectivity index (χ1v) is 14.1. The van der Waals surface area contributed by atoms with E-state index in [0.717, 1.165) is 37.0 Å². The fourth-order valence-electron chi connectivity index (χ4n) is 4.91. The molecule has 1 N–H and O–H groups in total. The molecule has 14 heteroatoms. The number of rotatable bonds is 9. The van der Waals surface area contributed by atoms with Crippen LogP contribution < -0.4 is 10.2 Å². The van der Waals surface area contributed by atoms with Crippen LogP contribution >= 0.6 is 0 Å². The van der Waals surface area contributed by atoms with E-state index in [2.05, 4.69) is 22.2 Å². The number of nitrogens with one attached hydrogen (secondary N) is 1. The van der Waals surface area contributed by atoms with Crippen LogP contribution in [-0.4, -0.2) is 66.0 Å². The van der Waals surface area contributed by atoms with Gasteiger partial charge >= 0.3 is 6.18 Å². The minimum absolute atomic E-state index is 0.00806. The van der Waals surface area contributed by atoms with E-state index >= 15 is 0 Å². The molecule has 1 amide bonds. The molecule has 4 rings (SSSR count). The Balaban J connectivity index is 1.53. The van der Waals surface area contributed by atoms with Crippen LogP contribution in [0.5, 0.6) is 0 Å². The maximum absolute atomic E-state index is 13.8.